The average molecular weight is 442 g/mol. The molecule has 0 aliphatic carbocycles. The van der Waals surface area contributed by atoms with Crippen molar-refractivity contribution in [3.8, 4) is 35.3 Å². The molecule has 0 saturated heterocycles. The van der Waals surface area contributed by atoms with Gasteiger partial charge in [0.1, 0.15) is 5.75 Å². The Bertz CT molecular complexity index is 978. The number of carbonyl (C=O) groups is 3. The van der Waals surface area contributed by atoms with Gasteiger partial charge in [-0.3, -0.25) is 0 Å². The summed E-state index contributed by atoms with van der Waals surface area (Å²) in [7, 11) is 2.83. The first-order valence-electron chi connectivity index (χ1n) is 9.47. The van der Waals surface area contributed by atoms with Gasteiger partial charge in [-0.25, -0.2) is 14.4 Å². The number of carboxylic acid groups (broad SMARTS) is 1. The molecule has 0 fully saturated rings. The van der Waals surface area contributed by atoms with Crippen molar-refractivity contribution in [3.05, 3.63) is 47.5 Å². The third-order valence-electron chi connectivity index (χ3n) is 4.14. The molecule has 9 heteroatoms. The van der Waals surface area contributed by atoms with Gasteiger partial charge in [-0.15, -0.1) is 6.42 Å². The number of hydrogen-bond donors (Lipinski definition) is 1. The molecule has 0 aliphatic heterocycles. The van der Waals surface area contributed by atoms with Gasteiger partial charge in [0.25, 0.3) is 0 Å². The second kappa shape index (κ2) is 11.9. The molecule has 0 atom stereocenters. The molecule has 2 rings (SSSR count). The van der Waals surface area contributed by atoms with Gasteiger partial charge < -0.3 is 28.8 Å². The Hall–Kier alpha value is -4.19. The van der Waals surface area contributed by atoms with Crippen LogP contribution in [-0.2, 0) is 9.53 Å². The van der Waals surface area contributed by atoms with Gasteiger partial charge in [-0.05, 0) is 49.2 Å². The lowest BCUT2D eigenvalue weighted by atomic mass is 10.1. The van der Waals surface area contributed by atoms with E-state index in [4.69, 9.17) is 35.2 Å². The molecule has 0 spiro atoms. The van der Waals surface area contributed by atoms with E-state index in [1.807, 2.05) is 5.92 Å². The first-order chi connectivity index (χ1) is 15.4. The fraction of sp³-hybridized carbons (Fsp3) is 0.261. The molecule has 0 aromatic heterocycles. The molecule has 9 nitrogen and oxygen atoms in total. The molecule has 1 N–H and O–H groups in total. The van der Waals surface area contributed by atoms with E-state index in [1.165, 1.54) is 50.6 Å². The van der Waals surface area contributed by atoms with Gasteiger partial charge in [-0.2, -0.15) is 0 Å². The number of ether oxygens (including phenoxy) is 5. The molecule has 0 radical (unpaired) electrons. The van der Waals surface area contributed by atoms with Crippen molar-refractivity contribution in [1.82, 2.24) is 0 Å². The number of unbranched alkanes of at least 4 members (excludes halogenated alkanes) is 1. The number of rotatable bonds is 11. The SMILES string of the molecule is C#CC(=O)OCCCCOc1c(OC)cc(C(=O)Oc2ccc(C(=O)O)cc2)cc1OC. The number of terminal acetylenes is 1. The molecule has 168 valence electrons. The molecule has 0 aliphatic rings. The summed E-state index contributed by atoms with van der Waals surface area (Å²) >= 11 is 0. The molecule has 0 unspecified atom stereocenters. The van der Waals surface area contributed by atoms with Crippen molar-refractivity contribution in [3.63, 3.8) is 0 Å². The van der Waals surface area contributed by atoms with Gasteiger partial charge >= 0.3 is 17.9 Å². The van der Waals surface area contributed by atoms with Crippen LogP contribution in [0.3, 0.4) is 0 Å². The van der Waals surface area contributed by atoms with Crippen molar-refractivity contribution < 1.29 is 43.2 Å². The maximum atomic E-state index is 12.5. The van der Waals surface area contributed by atoms with Crippen molar-refractivity contribution in [1.29, 1.82) is 0 Å². The van der Waals surface area contributed by atoms with E-state index in [9.17, 15) is 14.4 Å². The summed E-state index contributed by atoms with van der Waals surface area (Å²) in [5.41, 5.74) is 0.221. The number of carboxylic acids is 1. The van der Waals surface area contributed by atoms with Crippen molar-refractivity contribution in [2.75, 3.05) is 27.4 Å². The zero-order valence-corrected chi connectivity index (χ0v) is 17.6. The van der Waals surface area contributed by atoms with E-state index < -0.39 is 17.9 Å². The summed E-state index contributed by atoms with van der Waals surface area (Å²) < 4.78 is 26.5. The van der Waals surface area contributed by atoms with Crippen LogP contribution in [0.2, 0.25) is 0 Å². The number of carbonyl (C=O) groups excluding carboxylic acids is 2. The largest absolute Gasteiger partial charge is 0.493 e. The van der Waals surface area contributed by atoms with Crippen LogP contribution in [0.15, 0.2) is 36.4 Å². The molecule has 0 bridgehead atoms. The third-order valence-corrected chi connectivity index (χ3v) is 4.14. The van der Waals surface area contributed by atoms with E-state index in [2.05, 4.69) is 0 Å². The number of benzene rings is 2. The highest BCUT2D eigenvalue weighted by molar-refractivity contribution is 5.93. The van der Waals surface area contributed by atoms with Crippen LogP contribution in [0.25, 0.3) is 0 Å². The predicted molar refractivity (Wildman–Crippen MR) is 112 cm³/mol. The molecular weight excluding hydrogens is 420 g/mol. The second-order valence-electron chi connectivity index (χ2n) is 6.26. The van der Waals surface area contributed by atoms with Gasteiger partial charge in [0.05, 0.1) is 38.6 Å². The molecule has 2 aromatic carbocycles. The number of esters is 2. The Kier molecular flexibility index (Phi) is 8.92. The zero-order chi connectivity index (χ0) is 23.5. The number of methoxy groups -OCH3 is 2. The maximum Gasteiger partial charge on any atom is 0.384 e. The summed E-state index contributed by atoms with van der Waals surface area (Å²) in [5, 5.41) is 8.94. The maximum absolute atomic E-state index is 12.5. The molecule has 32 heavy (non-hydrogen) atoms. The predicted octanol–water partition coefficient (Wildman–Crippen LogP) is 2.96. The topological polar surface area (TPSA) is 118 Å². The highest BCUT2D eigenvalue weighted by Gasteiger charge is 2.19. The minimum absolute atomic E-state index is 0.0730. The zero-order valence-electron chi connectivity index (χ0n) is 17.6. The van der Waals surface area contributed by atoms with Crippen LogP contribution < -0.4 is 18.9 Å². The Morgan fingerprint density at radius 2 is 1.53 bits per heavy atom. The first kappa shape index (κ1) is 24.1. The Labute approximate surface area is 184 Å². The van der Waals surface area contributed by atoms with E-state index in [1.54, 1.807) is 0 Å². The van der Waals surface area contributed by atoms with Gasteiger partial charge in [0.15, 0.2) is 11.5 Å². The Balaban J connectivity index is 2.05. The second-order valence-corrected chi connectivity index (χ2v) is 6.26. The monoisotopic (exact) mass is 442 g/mol. The highest BCUT2D eigenvalue weighted by Crippen LogP contribution is 2.39. The van der Waals surface area contributed by atoms with Gasteiger partial charge in [0.2, 0.25) is 5.75 Å². The summed E-state index contributed by atoms with van der Waals surface area (Å²) in [6.07, 6.45) is 6.03. The van der Waals surface area contributed by atoms with Crippen LogP contribution in [0.4, 0.5) is 0 Å². The molecule has 2 aromatic rings. The van der Waals surface area contributed by atoms with Crippen molar-refractivity contribution in [2.24, 2.45) is 0 Å². The first-order valence-corrected chi connectivity index (χ1v) is 9.47. The smallest absolute Gasteiger partial charge is 0.384 e. The lowest BCUT2D eigenvalue weighted by molar-refractivity contribution is -0.136. The Morgan fingerprint density at radius 3 is 2.06 bits per heavy atom. The van der Waals surface area contributed by atoms with Crippen LogP contribution in [-0.4, -0.2) is 50.4 Å². The van der Waals surface area contributed by atoms with Crippen LogP contribution >= 0.6 is 0 Å². The fourth-order valence-electron chi connectivity index (χ4n) is 2.56. The highest BCUT2D eigenvalue weighted by atomic mass is 16.5. The summed E-state index contributed by atoms with van der Waals surface area (Å²) in [5.74, 6) is 0.387. The summed E-state index contributed by atoms with van der Waals surface area (Å²) in [6.45, 7) is 0.457. The van der Waals surface area contributed by atoms with E-state index in [-0.39, 0.29) is 41.6 Å². The molecule has 0 amide bonds. The van der Waals surface area contributed by atoms with Crippen LogP contribution in [0.5, 0.6) is 23.0 Å². The fourth-order valence-corrected chi connectivity index (χ4v) is 2.56. The van der Waals surface area contributed by atoms with E-state index in [0.717, 1.165) is 0 Å². The van der Waals surface area contributed by atoms with Crippen molar-refractivity contribution >= 4 is 17.9 Å². The standard InChI is InChI=1S/C23H22O9/c1-4-20(24)30-11-5-6-12-31-21-18(28-2)13-16(14-19(21)29-3)23(27)32-17-9-7-15(8-10-17)22(25)26/h1,7-10,13-14H,5-6,11-12H2,2-3H3,(H,25,26). The normalized spacial score (nSPS) is 9.91. The molecule has 0 heterocycles. The van der Waals surface area contributed by atoms with Gasteiger partial charge in [-0.1, -0.05) is 0 Å². The van der Waals surface area contributed by atoms with Crippen LogP contribution in [0.1, 0.15) is 33.6 Å². The molecule has 0 saturated carbocycles. The summed E-state index contributed by atoms with van der Waals surface area (Å²) in [4.78, 5) is 34.4. The lowest BCUT2D eigenvalue weighted by Gasteiger charge is -2.16. The third kappa shape index (κ3) is 6.67. The quantitative estimate of drug-likeness (QED) is 0.184. The number of hydrogen-bond acceptors (Lipinski definition) is 8. The summed E-state index contributed by atoms with van der Waals surface area (Å²) in [6, 6.07) is 8.32. The average Bonchev–Trinajstić information content (AvgIpc) is 2.80. The minimum atomic E-state index is -1.08. The minimum Gasteiger partial charge on any atom is -0.493 e. The van der Waals surface area contributed by atoms with E-state index >= 15 is 0 Å². The van der Waals surface area contributed by atoms with Crippen LogP contribution in [0, 0.1) is 12.3 Å². The van der Waals surface area contributed by atoms with Crippen molar-refractivity contribution in [2.45, 2.75) is 12.8 Å². The number of aromatic carboxylic acids is 1. The molecular formula is C23H22O9. The van der Waals surface area contributed by atoms with E-state index in [0.29, 0.717) is 18.6 Å². The van der Waals surface area contributed by atoms with Gasteiger partial charge in [0, 0.05) is 5.92 Å². The Morgan fingerprint density at radius 1 is 0.938 bits per heavy atom. The lowest BCUT2D eigenvalue weighted by Crippen LogP contribution is -2.10.